The molecule has 6 heteroatoms. The van der Waals surface area contributed by atoms with Crippen LogP contribution in [0.4, 0.5) is 0 Å². The van der Waals surface area contributed by atoms with Gasteiger partial charge in [-0.05, 0) is 36.2 Å². The number of methoxy groups -OCH3 is 1. The molecular weight excluding hydrogens is 308 g/mol. The average Bonchev–Trinajstić information content (AvgIpc) is 3.12. The minimum atomic E-state index is -0.181. The van der Waals surface area contributed by atoms with Gasteiger partial charge in [0.2, 0.25) is 5.91 Å². The normalized spacial score (nSPS) is 10.4. The Hall–Kier alpha value is -2.60. The van der Waals surface area contributed by atoms with E-state index in [-0.39, 0.29) is 11.8 Å². The van der Waals surface area contributed by atoms with Gasteiger partial charge in [0.1, 0.15) is 5.76 Å². The highest BCUT2D eigenvalue weighted by atomic mass is 16.5. The summed E-state index contributed by atoms with van der Waals surface area (Å²) >= 11 is 0. The smallest absolute Gasteiger partial charge is 0.251 e. The monoisotopic (exact) mass is 330 g/mol. The van der Waals surface area contributed by atoms with Crippen LogP contribution in [0, 0.1) is 0 Å². The second-order valence-electron chi connectivity index (χ2n) is 5.34. The molecule has 0 unspecified atom stereocenters. The summed E-state index contributed by atoms with van der Waals surface area (Å²) in [6.07, 6.45) is 2.69. The Kier molecular flexibility index (Phi) is 7.04. The number of benzene rings is 1. The second kappa shape index (κ2) is 9.52. The van der Waals surface area contributed by atoms with Crippen molar-refractivity contribution in [2.45, 2.75) is 25.9 Å². The van der Waals surface area contributed by atoms with Crippen molar-refractivity contribution in [1.82, 2.24) is 10.6 Å². The molecule has 0 fully saturated rings. The number of carbonyl (C=O) groups is 2. The molecule has 0 saturated heterocycles. The van der Waals surface area contributed by atoms with Gasteiger partial charge in [0.25, 0.3) is 5.91 Å². The molecule has 0 aliphatic heterocycles. The van der Waals surface area contributed by atoms with Gasteiger partial charge in [-0.15, -0.1) is 0 Å². The summed E-state index contributed by atoms with van der Waals surface area (Å²) in [5.74, 6) is 0.488. The predicted octanol–water partition coefficient (Wildman–Crippen LogP) is 2.25. The third kappa shape index (κ3) is 5.89. The summed E-state index contributed by atoms with van der Waals surface area (Å²) in [6.45, 7) is 1.30. The van der Waals surface area contributed by atoms with Crippen molar-refractivity contribution in [2.24, 2.45) is 0 Å². The van der Waals surface area contributed by atoms with Crippen LogP contribution in [0.5, 0.6) is 0 Å². The highest BCUT2D eigenvalue weighted by molar-refractivity contribution is 5.94. The zero-order chi connectivity index (χ0) is 17.2. The Bertz CT molecular complexity index is 653. The summed E-state index contributed by atoms with van der Waals surface area (Å²) in [4.78, 5) is 23.8. The highest BCUT2D eigenvalue weighted by Gasteiger charge is 2.08. The van der Waals surface area contributed by atoms with Crippen LogP contribution in [-0.4, -0.2) is 25.5 Å². The lowest BCUT2D eigenvalue weighted by molar-refractivity contribution is -0.121. The lowest BCUT2D eigenvalue weighted by atomic mass is 10.1. The minimum Gasteiger partial charge on any atom is -0.467 e. The van der Waals surface area contributed by atoms with Gasteiger partial charge in [-0.25, -0.2) is 0 Å². The molecule has 0 bridgehead atoms. The summed E-state index contributed by atoms with van der Waals surface area (Å²) in [5, 5.41) is 5.63. The van der Waals surface area contributed by atoms with Crippen LogP contribution in [0.25, 0.3) is 0 Å². The molecule has 2 N–H and O–H groups in total. The van der Waals surface area contributed by atoms with Gasteiger partial charge < -0.3 is 19.8 Å². The van der Waals surface area contributed by atoms with Gasteiger partial charge in [-0.2, -0.15) is 0 Å². The number of nitrogens with one attached hydrogen (secondary N) is 2. The molecule has 0 aliphatic rings. The van der Waals surface area contributed by atoms with Gasteiger partial charge in [0, 0.05) is 32.2 Å². The minimum absolute atomic E-state index is 0.0280. The van der Waals surface area contributed by atoms with Crippen LogP contribution in [-0.2, 0) is 22.6 Å². The van der Waals surface area contributed by atoms with Gasteiger partial charge in [-0.1, -0.05) is 12.1 Å². The molecule has 24 heavy (non-hydrogen) atoms. The van der Waals surface area contributed by atoms with E-state index in [0.29, 0.717) is 43.9 Å². The third-order valence-corrected chi connectivity index (χ3v) is 3.43. The third-order valence-electron chi connectivity index (χ3n) is 3.43. The lowest BCUT2D eigenvalue weighted by Crippen LogP contribution is -2.24. The highest BCUT2D eigenvalue weighted by Crippen LogP contribution is 2.07. The summed E-state index contributed by atoms with van der Waals surface area (Å²) in [6, 6.07) is 10.8. The van der Waals surface area contributed by atoms with E-state index in [9.17, 15) is 9.59 Å². The first-order valence-corrected chi connectivity index (χ1v) is 7.84. The lowest BCUT2D eigenvalue weighted by Gasteiger charge is -2.08. The van der Waals surface area contributed by atoms with Crippen molar-refractivity contribution in [3.05, 3.63) is 59.5 Å². The number of rotatable bonds is 9. The van der Waals surface area contributed by atoms with Gasteiger partial charge in [-0.3, -0.25) is 9.59 Å². The zero-order valence-corrected chi connectivity index (χ0v) is 13.7. The molecular formula is C18H22N2O4. The van der Waals surface area contributed by atoms with Crippen LogP contribution in [0.3, 0.4) is 0 Å². The Morgan fingerprint density at radius 2 is 2.00 bits per heavy atom. The second-order valence-corrected chi connectivity index (χ2v) is 5.34. The fraction of sp³-hybridized carbons (Fsp3) is 0.333. The molecule has 0 aliphatic carbocycles. The fourth-order valence-corrected chi connectivity index (χ4v) is 2.17. The number of amides is 2. The van der Waals surface area contributed by atoms with Crippen LogP contribution in [0.1, 0.15) is 34.5 Å². The number of hydrogen-bond acceptors (Lipinski definition) is 4. The Balaban J connectivity index is 1.81. The van der Waals surface area contributed by atoms with Gasteiger partial charge >= 0.3 is 0 Å². The Morgan fingerprint density at radius 3 is 2.75 bits per heavy atom. The largest absolute Gasteiger partial charge is 0.467 e. The van der Waals surface area contributed by atoms with E-state index in [1.807, 2.05) is 6.07 Å². The van der Waals surface area contributed by atoms with Crippen LogP contribution < -0.4 is 10.6 Å². The molecule has 0 saturated carbocycles. The van der Waals surface area contributed by atoms with Crippen molar-refractivity contribution in [3.8, 4) is 0 Å². The molecule has 2 amide bonds. The molecule has 0 radical (unpaired) electrons. The standard InChI is InChI=1S/C18H22N2O4/c1-23-9-4-8-17(21)19-12-14-5-2-6-15(11-14)18(22)20-13-16-7-3-10-24-16/h2-3,5-7,10-11H,4,8-9,12-13H2,1H3,(H,19,21)(H,20,22). The Morgan fingerprint density at radius 1 is 1.12 bits per heavy atom. The van der Waals surface area contributed by atoms with Gasteiger partial charge in [0.05, 0.1) is 12.8 Å². The first-order chi connectivity index (χ1) is 11.7. The van der Waals surface area contributed by atoms with Crippen molar-refractivity contribution >= 4 is 11.8 Å². The van der Waals surface area contributed by atoms with Crippen molar-refractivity contribution < 1.29 is 18.7 Å². The van der Waals surface area contributed by atoms with E-state index in [4.69, 9.17) is 9.15 Å². The molecule has 2 rings (SSSR count). The molecule has 0 spiro atoms. The van der Waals surface area contributed by atoms with E-state index in [1.54, 1.807) is 43.7 Å². The Labute approximate surface area is 141 Å². The zero-order valence-electron chi connectivity index (χ0n) is 13.7. The number of carbonyl (C=O) groups excluding carboxylic acids is 2. The first-order valence-electron chi connectivity index (χ1n) is 7.84. The van der Waals surface area contributed by atoms with E-state index in [0.717, 1.165) is 5.56 Å². The van der Waals surface area contributed by atoms with E-state index < -0.39 is 0 Å². The summed E-state index contributed by atoms with van der Waals surface area (Å²) in [7, 11) is 1.61. The summed E-state index contributed by atoms with van der Waals surface area (Å²) < 4.78 is 10.1. The molecule has 1 aromatic heterocycles. The van der Waals surface area contributed by atoms with E-state index in [1.165, 1.54) is 0 Å². The van der Waals surface area contributed by atoms with Crippen LogP contribution in [0.15, 0.2) is 47.1 Å². The molecule has 128 valence electrons. The topological polar surface area (TPSA) is 80.6 Å². The molecule has 6 nitrogen and oxygen atoms in total. The maximum atomic E-state index is 12.2. The predicted molar refractivity (Wildman–Crippen MR) is 89.3 cm³/mol. The number of ether oxygens (including phenoxy) is 1. The van der Waals surface area contributed by atoms with Crippen LogP contribution >= 0.6 is 0 Å². The maximum absolute atomic E-state index is 12.2. The molecule has 2 aromatic rings. The molecule has 0 atom stereocenters. The maximum Gasteiger partial charge on any atom is 0.251 e. The van der Waals surface area contributed by atoms with Gasteiger partial charge in [0.15, 0.2) is 0 Å². The van der Waals surface area contributed by atoms with Crippen LogP contribution in [0.2, 0.25) is 0 Å². The average molecular weight is 330 g/mol. The van der Waals surface area contributed by atoms with E-state index in [2.05, 4.69) is 10.6 Å². The molecule has 1 aromatic carbocycles. The summed E-state index contributed by atoms with van der Waals surface area (Å²) in [5.41, 5.74) is 1.42. The van der Waals surface area contributed by atoms with Crippen molar-refractivity contribution in [3.63, 3.8) is 0 Å². The van der Waals surface area contributed by atoms with Crippen molar-refractivity contribution in [1.29, 1.82) is 0 Å². The van der Waals surface area contributed by atoms with Crippen molar-refractivity contribution in [2.75, 3.05) is 13.7 Å². The fourth-order valence-electron chi connectivity index (χ4n) is 2.17. The quantitative estimate of drug-likeness (QED) is 0.691. The molecule has 1 heterocycles. The SMILES string of the molecule is COCCCC(=O)NCc1cccc(C(=O)NCc2ccco2)c1. The first kappa shape index (κ1) is 17.7. The van der Waals surface area contributed by atoms with E-state index >= 15 is 0 Å². The number of hydrogen-bond donors (Lipinski definition) is 2. The number of furan rings is 1.